The second-order valence-electron chi connectivity index (χ2n) is 3.91. The molecule has 5 heteroatoms. The van der Waals surface area contributed by atoms with Gasteiger partial charge < -0.3 is 15.2 Å². The predicted molar refractivity (Wildman–Crippen MR) is 58.5 cm³/mol. The van der Waals surface area contributed by atoms with E-state index >= 15 is 0 Å². The normalized spacial score (nSPS) is 28.0. The van der Waals surface area contributed by atoms with E-state index in [4.69, 9.17) is 10.3 Å². The first-order chi connectivity index (χ1) is 6.68. The van der Waals surface area contributed by atoms with Crippen LogP contribution >= 0.6 is 0 Å². The fourth-order valence-corrected chi connectivity index (χ4v) is 2.19. The number of hydrogen-bond acceptors (Lipinski definition) is 3. The van der Waals surface area contributed by atoms with Crippen LogP contribution < -0.4 is 5.73 Å². The maximum Gasteiger partial charge on any atom is 0.154 e. The Kier molecular flexibility index (Phi) is 5.62. The Hall–Kier alpha value is 0.0300. The van der Waals surface area contributed by atoms with E-state index in [1.165, 1.54) is 6.42 Å². The molecule has 1 saturated heterocycles. The average molecular weight is 220 g/mol. The fraction of sp³-hybridized carbons (Fsp3) is 1.00. The molecule has 0 spiro atoms. The molecular weight excluding hydrogens is 200 g/mol. The highest BCUT2D eigenvalue weighted by Gasteiger charge is 2.12. The van der Waals surface area contributed by atoms with Gasteiger partial charge in [-0.05, 0) is 32.4 Å². The van der Waals surface area contributed by atoms with Crippen LogP contribution in [0.1, 0.15) is 25.7 Å². The lowest BCUT2D eigenvalue weighted by Crippen LogP contribution is -2.35. The SMILES string of the molecule is NC1CCCCN(CCS(=O)O)CC1. The lowest BCUT2D eigenvalue weighted by atomic mass is 10.0. The van der Waals surface area contributed by atoms with Gasteiger partial charge >= 0.3 is 0 Å². The van der Waals surface area contributed by atoms with Crippen molar-refractivity contribution in [1.29, 1.82) is 0 Å². The summed E-state index contributed by atoms with van der Waals surface area (Å²) in [7, 11) is 0. The number of nitrogens with zero attached hydrogens (tertiary/aromatic N) is 1. The summed E-state index contributed by atoms with van der Waals surface area (Å²) in [6.07, 6.45) is 4.48. The van der Waals surface area contributed by atoms with E-state index in [2.05, 4.69) is 4.90 Å². The van der Waals surface area contributed by atoms with Crippen LogP contribution in [0.25, 0.3) is 0 Å². The van der Waals surface area contributed by atoms with E-state index in [0.29, 0.717) is 11.8 Å². The van der Waals surface area contributed by atoms with Crippen LogP contribution in [0.2, 0.25) is 0 Å². The van der Waals surface area contributed by atoms with Crippen molar-refractivity contribution < 1.29 is 8.76 Å². The summed E-state index contributed by atoms with van der Waals surface area (Å²) in [5.74, 6) is 0.356. The summed E-state index contributed by atoms with van der Waals surface area (Å²) in [5, 5.41) is 0. The zero-order valence-electron chi connectivity index (χ0n) is 8.52. The Morgan fingerprint density at radius 3 is 2.86 bits per heavy atom. The quantitative estimate of drug-likeness (QED) is 0.676. The van der Waals surface area contributed by atoms with Crippen molar-refractivity contribution in [2.45, 2.75) is 31.7 Å². The second-order valence-corrected chi connectivity index (χ2v) is 4.96. The smallest absolute Gasteiger partial charge is 0.154 e. The highest BCUT2D eigenvalue weighted by atomic mass is 32.2. The number of likely N-dealkylation sites (tertiary alicyclic amines) is 1. The summed E-state index contributed by atoms with van der Waals surface area (Å²) in [5.41, 5.74) is 5.89. The molecular formula is C9H20N2O2S. The highest BCUT2D eigenvalue weighted by molar-refractivity contribution is 7.79. The zero-order valence-corrected chi connectivity index (χ0v) is 9.34. The molecule has 1 heterocycles. The minimum Gasteiger partial charge on any atom is -0.328 e. The zero-order chi connectivity index (χ0) is 10.4. The van der Waals surface area contributed by atoms with Gasteiger partial charge in [0.15, 0.2) is 11.1 Å². The molecule has 1 rings (SSSR count). The molecule has 0 aromatic rings. The molecule has 2 atom stereocenters. The van der Waals surface area contributed by atoms with Crippen LogP contribution in [0.15, 0.2) is 0 Å². The van der Waals surface area contributed by atoms with Gasteiger partial charge in [0.2, 0.25) is 0 Å². The third-order valence-electron chi connectivity index (χ3n) is 2.70. The number of hydrogen-bond donors (Lipinski definition) is 2. The monoisotopic (exact) mass is 220 g/mol. The van der Waals surface area contributed by atoms with Crippen LogP contribution in [0.5, 0.6) is 0 Å². The molecule has 4 nitrogen and oxygen atoms in total. The van der Waals surface area contributed by atoms with Gasteiger partial charge in [-0.25, -0.2) is 4.21 Å². The Balaban J connectivity index is 2.24. The molecule has 0 aromatic heterocycles. The van der Waals surface area contributed by atoms with Crippen molar-refractivity contribution in [3.63, 3.8) is 0 Å². The molecule has 2 unspecified atom stereocenters. The molecule has 0 saturated carbocycles. The summed E-state index contributed by atoms with van der Waals surface area (Å²) >= 11 is -1.66. The Morgan fingerprint density at radius 1 is 1.36 bits per heavy atom. The van der Waals surface area contributed by atoms with E-state index in [1.807, 2.05) is 0 Å². The van der Waals surface area contributed by atoms with Crippen LogP contribution in [0, 0.1) is 0 Å². The first-order valence-corrected chi connectivity index (χ1v) is 6.51. The van der Waals surface area contributed by atoms with Crippen molar-refractivity contribution in [1.82, 2.24) is 4.90 Å². The molecule has 84 valence electrons. The first kappa shape index (κ1) is 12.1. The number of nitrogens with two attached hydrogens (primary N) is 1. The third kappa shape index (κ3) is 5.05. The van der Waals surface area contributed by atoms with Gasteiger partial charge in [-0.3, -0.25) is 0 Å². The minimum atomic E-state index is -1.66. The third-order valence-corrected chi connectivity index (χ3v) is 3.23. The number of rotatable bonds is 3. The Labute approximate surface area is 88.1 Å². The van der Waals surface area contributed by atoms with E-state index < -0.39 is 11.1 Å². The molecule has 0 bridgehead atoms. The van der Waals surface area contributed by atoms with Gasteiger partial charge in [-0.1, -0.05) is 6.42 Å². The maximum atomic E-state index is 10.5. The van der Waals surface area contributed by atoms with E-state index in [0.717, 1.165) is 38.9 Å². The van der Waals surface area contributed by atoms with Crippen molar-refractivity contribution in [2.24, 2.45) is 5.73 Å². The van der Waals surface area contributed by atoms with E-state index in [1.54, 1.807) is 0 Å². The largest absolute Gasteiger partial charge is 0.328 e. The van der Waals surface area contributed by atoms with Crippen LogP contribution in [-0.4, -0.2) is 45.1 Å². The summed E-state index contributed by atoms with van der Waals surface area (Å²) in [4.78, 5) is 2.24. The van der Waals surface area contributed by atoms with Gasteiger partial charge in [0, 0.05) is 12.6 Å². The van der Waals surface area contributed by atoms with Crippen LogP contribution in [-0.2, 0) is 11.1 Å². The second kappa shape index (κ2) is 6.50. The van der Waals surface area contributed by atoms with Crippen LogP contribution in [0.4, 0.5) is 0 Å². The molecule has 0 aliphatic carbocycles. The van der Waals surface area contributed by atoms with Crippen molar-refractivity contribution >= 4 is 11.1 Å². The topological polar surface area (TPSA) is 66.6 Å². The molecule has 3 N–H and O–H groups in total. The van der Waals surface area contributed by atoms with E-state index in [9.17, 15) is 4.21 Å². The highest BCUT2D eigenvalue weighted by Crippen LogP contribution is 2.09. The molecule has 0 aromatic carbocycles. The molecule has 0 radical (unpaired) electrons. The van der Waals surface area contributed by atoms with Gasteiger partial charge in [0.05, 0.1) is 5.75 Å². The summed E-state index contributed by atoms with van der Waals surface area (Å²) in [6.45, 7) is 2.73. The molecule has 0 amide bonds. The van der Waals surface area contributed by atoms with Crippen molar-refractivity contribution in [3.05, 3.63) is 0 Å². The van der Waals surface area contributed by atoms with Crippen molar-refractivity contribution in [2.75, 3.05) is 25.4 Å². The van der Waals surface area contributed by atoms with E-state index in [-0.39, 0.29) is 0 Å². The predicted octanol–water partition coefficient (Wildman–Crippen LogP) is 0.411. The fourth-order valence-electron chi connectivity index (χ4n) is 1.78. The lowest BCUT2D eigenvalue weighted by Gasteiger charge is -2.26. The Bertz CT molecular complexity index is 190. The molecule has 14 heavy (non-hydrogen) atoms. The summed E-state index contributed by atoms with van der Waals surface area (Å²) in [6, 6.07) is 0.317. The van der Waals surface area contributed by atoms with Crippen molar-refractivity contribution in [3.8, 4) is 0 Å². The maximum absolute atomic E-state index is 10.5. The first-order valence-electron chi connectivity index (χ1n) is 5.24. The molecule has 1 aliphatic heterocycles. The summed E-state index contributed by atoms with van der Waals surface area (Å²) < 4.78 is 19.2. The van der Waals surface area contributed by atoms with Gasteiger partial charge in [0.25, 0.3) is 0 Å². The molecule has 1 aliphatic rings. The standard InChI is InChI=1S/C9H20N2O2S/c10-9-3-1-2-5-11(6-4-9)7-8-14(12)13/h9H,1-8,10H2,(H,12,13). The Morgan fingerprint density at radius 2 is 2.14 bits per heavy atom. The van der Waals surface area contributed by atoms with Gasteiger partial charge in [-0.2, -0.15) is 0 Å². The van der Waals surface area contributed by atoms with Crippen LogP contribution in [0.3, 0.4) is 0 Å². The van der Waals surface area contributed by atoms with Gasteiger partial charge in [-0.15, -0.1) is 0 Å². The van der Waals surface area contributed by atoms with Gasteiger partial charge in [0.1, 0.15) is 0 Å². The molecule has 1 fully saturated rings. The lowest BCUT2D eigenvalue weighted by molar-refractivity contribution is 0.250. The minimum absolute atomic E-state index is 0.317. The average Bonchev–Trinajstić information content (AvgIpc) is 2.11.